The normalized spacial score (nSPS) is 21.4. The number of carbonyl (C=O) groups excluding carboxylic acids is 2. The van der Waals surface area contributed by atoms with Gasteiger partial charge in [-0.15, -0.1) is 0 Å². The maximum absolute atomic E-state index is 15.0. The maximum Gasteiger partial charge on any atom is 0.260 e. The molecule has 3 N–H and O–H groups in total. The molecule has 2 aliphatic rings. The quantitative estimate of drug-likeness (QED) is 0.383. The standard InChI is InChI=1S/C26H25FN4O2S/c1-15-12-31(13-16(2)29-15)24-6-4-19(10-23(24)27)28-11-22-21-9-17(18-7-8-34-14-18)3-5-20(21)25(32)30-26(22)33/h3-11,14-16,28-29H,12-13H2,1-2H3,(H,30,32,33)/b22-11-/t15-,16+. The van der Waals surface area contributed by atoms with Crippen molar-refractivity contribution in [2.75, 3.05) is 23.3 Å². The van der Waals surface area contributed by atoms with Crippen molar-refractivity contribution in [1.82, 2.24) is 10.6 Å². The molecule has 0 radical (unpaired) electrons. The van der Waals surface area contributed by atoms with Crippen molar-refractivity contribution < 1.29 is 14.0 Å². The Labute approximate surface area is 201 Å². The summed E-state index contributed by atoms with van der Waals surface area (Å²) in [5, 5.41) is 12.9. The van der Waals surface area contributed by atoms with E-state index < -0.39 is 11.8 Å². The average molecular weight is 477 g/mol. The first-order valence-electron chi connectivity index (χ1n) is 11.2. The highest BCUT2D eigenvalue weighted by Crippen LogP contribution is 2.31. The predicted molar refractivity (Wildman–Crippen MR) is 135 cm³/mol. The molecule has 8 heteroatoms. The van der Waals surface area contributed by atoms with Crippen molar-refractivity contribution in [2.24, 2.45) is 0 Å². The number of amides is 2. The highest BCUT2D eigenvalue weighted by Gasteiger charge is 2.28. The highest BCUT2D eigenvalue weighted by atomic mass is 32.1. The maximum atomic E-state index is 15.0. The molecule has 1 aromatic heterocycles. The fourth-order valence-corrected chi connectivity index (χ4v) is 5.27. The second-order valence-corrected chi connectivity index (χ2v) is 9.58. The van der Waals surface area contributed by atoms with Crippen LogP contribution in [-0.4, -0.2) is 37.0 Å². The first kappa shape index (κ1) is 22.3. The van der Waals surface area contributed by atoms with Crippen LogP contribution in [0.2, 0.25) is 0 Å². The van der Waals surface area contributed by atoms with Crippen LogP contribution in [0.5, 0.6) is 0 Å². The zero-order valence-electron chi connectivity index (χ0n) is 18.9. The number of piperazine rings is 1. The summed E-state index contributed by atoms with van der Waals surface area (Å²) < 4.78 is 15.0. The summed E-state index contributed by atoms with van der Waals surface area (Å²) >= 11 is 1.58. The summed E-state index contributed by atoms with van der Waals surface area (Å²) in [6.07, 6.45) is 1.53. The lowest BCUT2D eigenvalue weighted by molar-refractivity contribution is -0.114. The van der Waals surface area contributed by atoms with E-state index in [1.165, 1.54) is 12.3 Å². The lowest BCUT2D eigenvalue weighted by Crippen LogP contribution is -2.54. The van der Waals surface area contributed by atoms with Gasteiger partial charge in [0.25, 0.3) is 11.8 Å². The Morgan fingerprint density at radius 3 is 2.50 bits per heavy atom. The Bertz CT molecular complexity index is 1280. The third-order valence-corrected chi connectivity index (χ3v) is 6.79. The molecule has 0 saturated carbocycles. The second kappa shape index (κ2) is 9.04. The third-order valence-electron chi connectivity index (χ3n) is 6.11. The van der Waals surface area contributed by atoms with Crippen LogP contribution in [0.25, 0.3) is 16.7 Å². The van der Waals surface area contributed by atoms with Crippen LogP contribution in [0, 0.1) is 5.82 Å². The van der Waals surface area contributed by atoms with Crippen molar-refractivity contribution in [3.05, 3.63) is 76.4 Å². The van der Waals surface area contributed by atoms with Gasteiger partial charge in [0.05, 0.1) is 11.3 Å². The molecule has 1 fully saturated rings. The summed E-state index contributed by atoms with van der Waals surface area (Å²) in [4.78, 5) is 27.1. The van der Waals surface area contributed by atoms with Gasteiger partial charge in [0.2, 0.25) is 0 Å². The van der Waals surface area contributed by atoms with E-state index >= 15 is 0 Å². The van der Waals surface area contributed by atoms with E-state index in [1.54, 1.807) is 29.5 Å². The first-order valence-corrected chi connectivity index (χ1v) is 12.1. The lowest BCUT2D eigenvalue weighted by Gasteiger charge is -2.37. The third kappa shape index (κ3) is 4.34. The van der Waals surface area contributed by atoms with Crippen LogP contribution in [0.15, 0.2) is 59.4 Å². The number of imide groups is 1. The summed E-state index contributed by atoms with van der Waals surface area (Å²) in [5.74, 6) is -1.25. The van der Waals surface area contributed by atoms with Gasteiger partial charge in [0.15, 0.2) is 0 Å². The van der Waals surface area contributed by atoms with Gasteiger partial charge >= 0.3 is 0 Å². The number of halogens is 1. The number of anilines is 2. The number of nitrogens with zero attached hydrogens (tertiary/aromatic N) is 1. The van der Waals surface area contributed by atoms with Crippen LogP contribution in [0.3, 0.4) is 0 Å². The van der Waals surface area contributed by atoms with E-state index in [1.807, 2.05) is 33.9 Å². The van der Waals surface area contributed by atoms with E-state index in [4.69, 9.17) is 0 Å². The van der Waals surface area contributed by atoms with Crippen LogP contribution in [0.4, 0.5) is 15.8 Å². The van der Waals surface area contributed by atoms with Gasteiger partial charge in [-0.3, -0.25) is 14.9 Å². The molecule has 5 rings (SSSR count). The molecule has 2 aliphatic heterocycles. The van der Waals surface area contributed by atoms with E-state index in [9.17, 15) is 14.0 Å². The number of benzene rings is 2. The molecule has 0 aliphatic carbocycles. The molecular formula is C26H25FN4O2S. The minimum atomic E-state index is -0.492. The van der Waals surface area contributed by atoms with Gasteiger partial charge in [-0.1, -0.05) is 6.07 Å². The van der Waals surface area contributed by atoms with E-state index in [0.29, 0.717) is 28.1 Å². The number of carbonyl (C=O) groups is 2. The molecule has 6 nitrogen and oxygen atoms in total. The second-order valence-electron chi connectivity index (χ2n) is 8.80. The van der Waals surface area contributed by atoms with E-state index in [-0.39, 0.29) is 17.9 Å². The fourth-order valence-electron chi connectivity index (χ4n) is 4.61. The number of hydrogen-bond acceptors (Lipinski definition) is 6. The molecule has 0 bridgehead atoms. The average Bonchev–Trinajstić information content (AvgIpc) is 3.33. The van der Waals surface area contributed by atoms with Crippen LogP contribution in [0.1, 0.15) is 29.8 Å². The van der Waals surface area contributed by atoms with Crippen molar-refractivity contribution in [1.29, 1.82) is 0 Å². The Balaban J connectivity index is 1.43. The minimum absolute atomic E-state index is 0.275. The zero-order chi connectivity index (χ0) is 23.8. The molecule has 2 amide bonds. The molecule has 0 spiro atoms. The molecule has 2 atom stereocenters. The molecule has 2 aromatic carbocycles. The summed E-state index contributed by atoms with van der Waals surface area (Å²) in [6.45, 7) is 5.64. The van der Waals surface area contributed by atoms with E-state index in [0.717, 1.165) is 24.2 Å². The van der Waals surface area contributed by atoms with E-state index in [2.05, 4.69) is 29.8 Å². The smallest absolute Gasteiger partial charge is 0.260 e. The Morgan fingerprint density at radius 1 is 1.00 bits per heavy atom. The van der Waals surface area contributed by atoms with Gasteiger partial charge in [-0.2, -0.15) is 11.3 Å². The predicted octanol–water partition coefficient (Wildman–Crippen LogP) is 4.46. The van der Waals surface area contributed by atoms with Crippen molar-refractivity contribution in [2.45, 2.75) is 25.9 Å². The van der Waals surface area contributed by atoms with Crippen molar-refractivity contribution in [3.63, 3.8) is 0 Å². The number of fused-ring (bicyclic) bond motifs is 1. The van der Waals surface area contributed by atoms with Gasteiger partial charge < -0.3 is 15.5 Å². The molecular weight excluding hydrogens is 451 g/mol. The molecule has 3 aromatic rings. The molecule has 174 valence electrons. The van der Waals surface area contributed by atoms with Crippen molar-refractivity contribution >= 4 is 40.1 Å². The Morgan fingerprint density at radius 2 is 1.79 bits per heavy atom. The van der Waals surface area contributed by atoms with Crippen LogP contribution < -0.4 is 20.9 Å². The zero-order valence-corrected chi connectivity index (χ0v) is 19.7. The SMILES string of the molecule is C[C@@H]1CN(c2ccc(N/C=C3\C(=O)NC(=O)c4ccc(-c5ccsc5)cc43)cc2F)C[C@H](C)N1. The number of nitrogens with one attached hydrogen (secondary N) is 3. The minimum Gasteiger partial charge on any atom is -0.366 e. The molecule has 0 unspecified atom stereocenters. The largest absolute Gasteiger partial charge is 0.366 e. The van der Waals surface area contributed by atoms with Gasteiger partial charge in [-0.05, 0) is 72.1 Å². The fraction of sp³-hybridized carbons (Fsp3) is 0.231. The Kier molecular flexibility index (Phi) is 5.93. The van der Waals surface area contributed by atoms with Gasteiger partial charge in [-0.25, -0.2) is 4.39 Å². The first-order chi connectivity index (χ1) is 16.4. The summed E-state index contributed by atoms with van der Waals surface area (Å²) in [7, 11) is 0. The van der Waals surface area contributed by atoms with Crippen molar-refractivity contribution in [3.8, 4) is 11.1 Å². The van der Waals surface area contributed by atoms with Gasteiger partial charge in [0.1, 0.15) is 5.82 Å². The lowest BCUT2D eigenvalue weighted by atomic mass is 9.92. The summed E-state index contributed by atoms with van der Waals surface area (Å²) in [6, 6.07) is 13.0. The monoisotopic (exact) mass is 476 g/mol. The van der Waals surface area contributed by atoms with Crippen LogP contribution in [-0.2, 0) is 4.79 Å². The molecule has 3 heterocycles. The number of hydrogen-bond donors (Lipinski definition) is 3. The summed E-state index contributed by atoms with van der Waals surface area (Å²) in [5.41, 5.74) is 4.31. The number of rotatable bonds is 4. The topological polar surface area (TPSA) is 73.5 Å². The Hall–Kier alpha value is -3.49. The van der Waals surface area contributed by atoms with Crippen LogP contribution >= 0.6 is 11.3 Å². The van der Waals surface area contributed by atoms with Gasteiger partial charge in [0, 0.05) is 48.2 Å². The molecule has 1 saturated heterocycles. The highest BCUT2D eigenvalue weighted by molar-refractivity contribution is 7.08. The molecule has 34 heavy (non-hydrogen) atoms. The number of thiophene rings is 1.